The summed E-state index contributed by atoms with van der Waals surface area (Å²) in [5.74, 6) is 0. The van der Waals surface area contributed by atoms with Gasteiger partial charge in [0.15, 0.2) is 0 Å². The van der Waals surface area contributed by atoms with Crippen molar-refractivity contribution in [2.45, 2.75) is 36.2 Å². The minimum absolute atomic E-state index is 0.0808. The van der Waals surface area contributed by atoms with Crippen molar-refractivity contribution in [3.63, 3.8) is 0 Å². The van der Waals surface area contributed by atoms with E-state index >= 15 is 0 Å². The Morgan fingerprint density at radius 2 is 1.88 bits per heavy atom. The molecule has 1 amide bonds. The Morgan fingerprint density at radius 3 is 2.46 bits per heavy atom. The Balaban J connectivity index is 1.59. The highest BCUT2D eigenvalue weighted by atomic mass is 32.2. The van der Waals surface area contributed by atoms with Crippen LogP contribution in [-0.4, -0.2) is 56.2 Å². The lowest BCUT2D eigenvalue weighted by molar-refractivity contribution is -0.0608. The molecule has 2 fully saturated rings. The maximum absolute atomic E-state index is 12.4. The quantitative estimate of drug-likeness (QED) is 0.776. The van der Waals surface area contributed by atoms with Crippen LogP contribution in [0.1, 0.15) is 25.7 Å². The standard InChI is InChI=1S/C16H22N2O5S/c1-17(24(20,21)14-6-3-2-4-7-14)23-15(19)18-11-9-16(10-12-18)8-5-13-22-16/h2-4,6-7H,5,8-13H2,1H3. The van der Waals surface area contributed by atoms with Crippen LogP contribution in [0.4, 0.5) is 4.79 Å². The van der Waals surface area contributed by atoms with Crippen LogP contribution in [0, 0.1) is 0 Å². The predicted octanol–water partition coefficient (Wildman–Crippen LogP) is 2.00. The molecule has 2 saturated heterocycles. The molecule has 0 radical (unpaired) electrons. The molecule has 24 heavy (non-hydrogen) atoms. The highest BCUT2D eigenvalue weighted by Gasteiger charge is 2.40. The average molecular weight is 354 g/mol. The lowest BCUT2D eigenvalue weighted by Gasteiger charge is -2.38. The predicted molar refractivity (Wildman–Crippen MR) is 86.6 cm³/mol. The summed E-state index contributed by atoms with van der Waals surface area (Å²) in [7, 11) is -2.63. The van der Waals surface area contributed by atoms with Gasteiger partial charge in [-0.15, -0.1) is 0 Å². The number of benzene rings is 1. The van der Waals surface area contributed by atoms with Crippen molar-refractivity contribution in [3.05, 3.63) is 30.3 Å². The number of carbonyl (C=O) groups is 1. The average Bonchev–Trinajstić information content (AvgIpc) is 3.04. The molecule has 0 atom stereocenters. The molecule has 2 heterocycles. The van der Waals surface area contributed by atoms with Gasteiger partial charge in [-0.1, -0.05) is 18.2 Å². The van der Waals surface area contributed by atoms with Gasteiger partial charge in [0, 0.05) is 26.7 Å². The third-order valence-electron chi connectivity index (χ3n) is 4.70. The van der Waals surface area contributed by atoms with Crippen molar-refractivity contribution in [2.24, 2.45) is 0 Å². The van der Waals surface area contributed by atoms with E-state index < -0.39 is 16.1 Å². The van der Waals surface area contributed by atoms with Crippen molar-refractivity contribution >= 4 is 16.1 Å². The zero-order chi connectivity index (χ0) is 17.2. The molecule has 1 aromatic carbocycles. The van der Waals surface area contributed by atoms with Crippen molar-refractivity contribution < 1.29 is 22.8 Å². The van der Waals surface area contributed by atoms with E-state index in [0.717, 1.165) is 32.3 Å². The number of carbonyl (C=O) groups excluding carboxylic acids is 1. The molecule has 3 rings (SSSR count). The molecule has 0 unspecified atom stereocenters. The van der Waals surface area contributed by atoms with Gasteiger partial charge in [-0.05, 0) is 42.3 Å². The highest BCUT2D eigenvalue weighted by molar-refractivity contribution is 7.89. The largest absolute Gasteiger partial charge is 0.429 e. The summed E-state index contributed by atoms with van der Waals surface area (Å²) < 4.78 is 31.2. The first-order valence-electron chi connectivity index (χ1n) is 8.08. The fourth-order valence-corrected chi connectivity index (χ4v) is 4.16. The first-order chi connectivity index (χ1) is 11.4. The summed E-state index contributed by atoms with van der Waals surface area (Å²) in [5, 5.41) is 0. The second-order valence-electron chi connectivity index (χ2n) is 6.21. The minimum atomic E-state index is -3.86. The maximum atomic E-state index is 12.4. The molecule has 1 spiro atoms. The first kappa shape index (κ1) is 17.2. The fourth-order valence-electron chi connectivity index (χ4n) is 3.20. The fraction of sp³-hybridized carbons (Fsp3) is 0.562. The Morgan fingerprint density at radius 1 is 1.21 bits per heavy atom. The van der Waals surface area contributed by atoms with Crippen LogP contribution in [-0.2, 0) is 19.6 Å². The number of amides is 1. The van der Waals surface area contributed by atoms with E-state index in [4.69, 9.17) is 9.57 Å². The van der Waals surface area contributed by atoms with E-state index in [1.54, 1.807) is 18.2 Å². The molecule has 2 aliphatic rings. The van der Waals surface area contributed by atoms with E-state index in [1.807, 2.05) is 0 Å². The van der Waals surface area contributed by atoms with Crippen LogP contribution in [0.2, 0.25) is 0 Å². The summed E-state index contributed by atoms with van der Waals surface area (Å²) >= 11 is 0. The summed E-state index contributed by atoms with van der Waals surface area (Å²) in [5.41, 5.74) is -0.0984. The van der Waals surface area contributed by atoms with E-state index in [2.05, 4.69) is 0 Å². The molecule has 0 saturated carbocycles. The second-order valence-corrected chi connectivity index (χ2v) is 8.14. The summed E-state index contributed by atoms with van der Waals surface area (Å²) in [6.45, 7) is 1.80. The summed E-state index contributed by atoms with van der Waals surface area (Å²) in [6, 6.07) is 7.88. The molecule has 0 aromatic heterocycles. The molecule has 0 bridgehead atoms. The maximum Gasteiger partial charge on any atom is 0.429 e. The van der Waals surface area contributed by atoms with Crippen LogP contribution < -0.4 is 0 Å². The number of likely N-dealkylation sites (tertiary alicyclic amines) is 1. The number of hydroxylamine groups is 1. The van der Waals surface area contributed by atoms with E-state index in [-0.39, 0.29) is 10.5 Å². The zero-order valence-corrected chi connectivity index (χ0v) is 14.5. The van der Waals surface area contributed by atoms with Gasteiger partial charge >= 0.3 is 6.09 Å². The lowest BCUT2D eigenvalue weighted by Crippen LogP contribution is -2.48. The van der Waals surface area contributed by atoms with Crippen LogP contribution in [0.15, 0.2) is 35.2 Å². The number of hydrogen-bond donors (Lipinski definition) is 0. The second kappa shape index (κ2) is 6.70. The van der Waals surface area contributed by atoms with Gasteiger partial charge in [0.05, 0.1) is 10.5 Å². The monoisotopic (exact) mass is 354 g/mol. The normalized spacial score (nSPS) is 20.5. The molecule has 2 aliphatic heterocycles. The number of rotatable bonds is 3. The van der Waals surface area contributed by atoms with Crippen LogP contribution >= 0.6 is 0 Å². The number of ether oxygens (including phenoxy) is 1. The number of hydrogen-bond acceptors (Lipinski definition) is 5. The Labute approximate surface area is 142 Å². The first-order valence-corrected chi connectivity index (χ1v) is 9.52. The van der Waals surface area contributed by atoms with Crippen LogP contribution in [0.3, 0.4) is 0 Å². The van der Waals surface area contributed by atoms with Gasteiger partial charge in [0.25, 0.3) is 10.0 Å². The van der Waals surface area contributed by atoms with Crippen molar-refractivity contribution in [2.75, 3.05) is 26.7 Å². The van der Waals surface area contributed by atoms with Crippen LogP contribution in [0.25, 0.3) is 0 Å². The van der Waals surface area contributed by atoms with E-state index in [9.17, 15) is 13.2 Å². The molecule has 7 nitrogen and oxygen atoms in total. The van der Waals surface area contributed by atoms with E-state index in [0.29, 0.717) is 17.6 Å². The number of sulfonamides is 1. The molecular weight excluding hydrogens is 332 g/mol. The Hall–Kier alpha value is -1.64. The molecular formula is C16H22N2O5S. The van der Waals surface area contributed by atoms with Crippen LogP contribution in [0.5, 0.6) is 0 Å². The summed E-state index contributed by atoms with van der Waals surface area (Å²) in [4.78, 5) is 18.9. The highest BCUT2D eigenvalue weighted by Crippen LogP contribution is 2.35. The lowest BCUT2D eigenvalue weighted by atomic mass is 9.89. The molecule has 8 heteroatoms. The van der Waals surface area contributed by atoms with Crippen molar-refractivity contribution in [1.82, 2.24) is 9.37 Å². The van der Waals surface area contributed by atoms with Gasteiger partial charge in [-0.25, -0.2) is 13.2 Å². The Bertz CT molecular complexity index is 676. The molecule has 0 aliphatic carbocycles. The number of nitrogens with zero attached hydrogens (tertiary/aromatic N) is 2. The van der Waals surface area contributed by atoms with Crippen molar-refractivity contribution in [3.8, 4) is 0 Å². The molecule has 1 aromatic rings. The zero-order valence-electron chi connectivity index (χ0n) is 13.7. The van der Waals surface area contributed by atoms with Gasteiger partial charge in [0.2, 0.25) is 0 Å². The third kappa shape index (κ3) is 3.40. The third-order valence-corrected chi connectivity index (χ3v) is 6.32. The minimum Gasteiger partial charge on any atom is -0.375 e. The van der Waals surface area contributed by atoms with Crippen molar-refractivity contribution in [1.29, 1.82) is 0 Å². The van der Waals surface area contributed by atoms with Gasteiger partial charge < -0.3 is 14.5 Å². The smallest absolute Gasteiger partial charge is 0.375 e. The molecule has 132 valence electrons. The topological polar surface area (TPSA) is 76.2 Å². The summed E-state index contributed by atoms with van der Waals surface area (Å²) in [6.07, 6.45) is 2.96. The SMILES string of the molecule is CN(OC(=O)N1CCC2(CCCO2)CC1)S(=O)(=O)c1ccccc1. The van der Waals surface area contributed by atoms with Gasteiger partial charge in [-0.3, -0.25) is 0 Å². The van der Waals surface area contributed by atoms with Gasteiger partial charge in [-0.2, -0.15) is 0 Å². The van der Waals surface area contributed by atoms with Gasteiger partial charge in [0.1, 0.15) is 0 Å². The molecule has 0 N–H and O–H groups in total. The van der Waals surface area contributed by atoms with E-state index in [1.165, 1.54) is 24.1 Å². The Kier molecular flexibility index (Phi) is 4.80. The number of piperidine rings is 1.